The molecular formula is C16H14Br2O3. The summed E-state index contributed by atoms with van der Waals surface area (Å²) in [7, 11) is 1.61. The van der Waals surface area contributed by atoms with Gasteiger partial charge < -0.3 is 9.84 Å². The van der Waals surface area contributed by atoms with E-state index in [4.69, 9.17) is 4.74 Å². The van der Waals surface area contributed by atoms with E-state index in [0.29, 0.717) is 5.56 Å². The van der Waals surface area contributed by atoms with Crippen molar-refractivity contribution < 1.29 is 14.6 Å². The zero-order valence-corrected chi connectivity index (χ0v) is 14.5. The lowest BCUT2D eigenvalue weighted by molar-refractivity contribution is 0.0988. The molecule has 5 heteroatoms. The Labute approximate surface area is 140 Å². The van der Waals surface area contributed by atoms with E-state index in [-0.39, 0.29) is 16.4 Å². The number of phenols is 1. The number of hydrogen-bond donors (Lipinski definition) is 1. The molecule has 1 N–H and O–H groups in total. The lowest BCUT2D eigenvalue weighted by atomic mass is 10.0. The first kappa shape index (κ1) is 16.0. The summed E-state index contributed by atoms with van der Waals surface area (Å²) in [6.07, 6.45) is 0. The van der Waals surface area contributed by atoms with E-state index in [1.165, 1.54) is 6.07 Å². The highest BCUT2D eigenvalue weighted by Gasteiger charge is 2.27. The maximum Gasteiger partial charge on any atom is 0.181 e. The van der Waals surface area contributed by atoms with Crippen molar-refractivity contribution in [3.05, 3.63) is 59.7 Å². The van der Waals surface area contributed by atoms with Gasteiger partial charge in [0, 0.05) is 0 Å². The number of alkyl halides is 2. The first-order chi connectivity index (χ1) is 10.0. The normalized spacial score (nSPS) is 13.5. The molecule has 110 valence electrons. The molecule has 21 heavy (non-hydrogen) atoms. The predicted octanol–water partition coefficient (Wildman–Crippen LogP) is 4.48. The Morgan fingerprint density at radius 3 is 2.29 bits per heavy atom. The van der Waals surface area contributed by atoms with Crippen LogP contribution in [0.2, 0.25) is 0 Å². The lowest BCUT2D eigenvalue weighted by Gasteiger charge is -2.17. The van der Waals surface area contributed by atoms with Gasteiger partial charge in [-0.3, -0.25) is 4.79 Å². The summed E-state index contributed by atoms with van der Waals surface area (Å²) in [6, 6.07) is 14.0. The molecule has 0 saturated carbocycles. The third-order valence-electron chi connectivity index (χ3n) is 3.11. The average molecular weight is 414 g/mol. The van der Waals surface area contributed by atoms with Gasteiger partial charge in [-0.1, -0.05) is 56.1 Å². The van der Waals surface area contributed by atoms with Crippen molar-refractivity contribution >= 4 is 37.6 Å². The van der Waals surface area contributed by atoms with Crippen molar-refractivity contribution in [1.29, 1.82) is 0 Å². The van der Waals surface area contributed by atoms with Crippen LogP contribution in [0, 0.1) is 0 Å². The van der Waals surface area contributed by atoms with E-state index < -0.39 is 4.83 Å². The smallest absolute Gasteiger partial charge is 0.181 e. The van der Waals surface area contributed by atoms with Gasteiger partial charge in [0.2, 0.25) is 0 Å². The zero-order valence-electron chi connectivity index (χ0n) is 11.3. The van der Waals surface area contributed by atoms with E-state index in [1.807, 2.05) is 24.3 Å². The van der Waals surface area contributed by atoms with Gasteiger partial charge >= 0.3 is 0 Å². The Morgan fingerprint density at radius 1 is 1.10 bits per heavy atom. The zero-order chi connectivity index (χ0) is 15.4. The van der Waals surface area contributed by atoms with Gasteiger partial charge in [-0.25, -0.2) is 0 Å². The Bertz CT molecular complexity index is 626. The first-order valence-electron chi connectivity index (χ1n) is 6.29. The molecule has 0 radical (unpaired) electrons. The molecule has 0 aromatic heterocycles. The summed E-state index contributed by atoms with van der Waals surface area (Å²) in [5.74, 6) is 0.573. The summed E-state index contributed by atoms with van der Waals surface area (Å²) in [5.41, 5.74) is 1.25. The summed E-state index contributed by atoms with van der Waals surface area (Å²) in [4.78, 5) is 11.7. The van der Waals surface area contributed by atoms with E-state index in [1.54, 1.807) is 25.3 Å². The molecule has 2 aromatic carbocycles. The highest BCUT2D eigenvalue weighted by Crippen LogP contribution is 2.35. The predicted molar refractivity (Wildman–Crippen MR) is 89.8 cm³/mol. The largest absolute Gasteiger partial charge is 0.507 e. The number of carbonyl (C=O) groups excluding carboxylic acids is 1. The van der Waals surface area contributed by atoms with E-state index in [0.717, 1.165) is 11.3 Å². The number of carbonyl (C=O) groups is 1. The molecule has 0 aliphatic rings. The molecule has 0 aliphatic heterocycles. The molecular weight excluding hydrogens is 400 g/mol. The Kier molecular flexibility index (Phi) is 5.42. The second-order valence-electron chi connectivity index (χ2n) is 4.46. The second-order valence-corrected chi connectivity index (χ2v) is 6.43. The number of ether oxygens (including phenoxy) is 1. The van der Waals surface area contributed by atoms with Crippen molar-refractivity contribution in [3.63, 3.8) is 0 Å². The van der Waals surface area contributed by atoms with Crippen molar-refractivity contribution in [2.75, 3.05) is 7.11 Å². The number of rotatable bonds is 5. The number of aromatic hydroxyl groups is 1. The van der Waals surface area contributed by atoms with E-state index in [2.05, 4.69) is 31.9 Å². The van der Waals surface area contributed by atoms with Crippen LogP contribution in [0.25, 0.3) is 0 Å². The topological polar surface area (TPSA) is 46.5 Å². The molecule has 0 saturated heterocycles. The van der Waals surface area contributed by atoms with Crippen molar-refractivity contribution in [2.24, 2.45) is 0 Å². The van der Waals surface area contributed by atoms with E-state index in [9.17, 15) is 9.90 Å². The van der Waals surface area contributed by atoms with Crippen molar-refractivity contribution in [2.45, 2.75) is 9.65 Å². The van der Waals surface area contributed by atoms with Crippen LogP contribution in [-0.4, -0.2) is 22.8 Å². The number of phenolic OH excluding ortho intramolecular Hbond substituents is 1. The fourth-order valence-electron chi connectivity index (χ4n) is 1.92. The van der Waals surface area contributed by atoms with Crippen LogP contribution < -0.4 is 4.74 Å². The van der Waals surface area contributed by atoms with Crippen LogP contribution in [0.5, 0.6) is 11.5 Å². The molecule has 0 heterocycles. The average Bonchev–Trinajstić information content (AvgIpc) is 2.53. The monoisotopic (exact) mass is 412 g/mol. The summed E-state index contributed by atoms with van der Waals surface area (Å²) in [5, 5.41) is 9.78. The third-order valence-corrected chi connectivity index (χ3v) is 5.82. The van der Waals surface area contributed by atoms with Gasteiger partial charge in [-0.2, -0.15) is 0 Å². The van der Waals surface area contributed by atoms with Crippen LogP contribution in [-0.2, 0) is 0 Å². The summed E-state index contributed by atoms with van der Waals surface area (Å²) in [6.45, 7) is 0. The molecule has 2 aromatic rings. The first-order valence-corrected chi connectivity index (χ1v) is 8.12. The number of benzene rings is 2. The molecule has 2 atom stereocenters. The number of ketones is 1. The number of methoxy groups -OCH3 is 1. The summed E-state index contributed by atoms with van der Waals surface area (Å²) >= 11 is 6.94. The maximum absolute atomic E-state index is 12.4. The molecule has 0 aliphatic carbocycles. The minimum Gasteiger partial charge on any atom is -0.507 e. The minimum absolute atomic E-state index is 0.0126. The van der Waals surface area contributed by atoms with Gasteiger partial charge in [0.05, 0.1) is 22.3 Å². The van der Waals surface area contributed by atoms with Crippen LogP contribution >= 0.6 is 31.9 Å². The van der Waals surface area contributed by atoms with Crippen LogP contribution in [0.4, 0.5) is 0 Å². The van der Waals surface area contributed by atoms with Gasteiger partial charge in [0.25, 0.3) is 0 Å². The molecule has 0 bridgehead atoms. The Morgan fingerprint density at radius 2 is 1.71 bits per heavy atom. The highest BCUT2D eigenvalue weighted by molar-refractivity contribution is 9.12. The SMILES string of the molecule is COc1ccc(C(Br)C(Br)C(=O)c2ccccc2O)cc1. The van der Waals surface area contributed by atoms with Gasteiger partial charge in [-0.15, -0.1) is 0 Å². The minimum atomic E-state index is -0.487. The van der Waals surface area contributed by atoms with Crippen LogP contribution in [0.1, 0.15) is 20.7 Å². The van der Waals surface area contributed by atoms with Crippen LogP contribution in [0.3, 0.4) is 0 Å². The molecule has 3 nitrogen and oxygen atoms in total. The number of halogens is 2. The van der Waals surface area contributed by atoms with E-state index >= 15 is 0 Å². The molecule has 0 amide bonds. The van der Waals surface area contributed by atoms with Gasteiger partial charge in [0.15, 0.2) is 5.78 Å². The number of hydrogen-bond acceptors (Lipinski definition) is 3. The maximum atomic E-state index is 12.4. The molecule has 2 rings (SSSR count). The van der Waals surface area contributed by atoms with Gasteiger partial charge in [0.1, 0.15) is 11.5 Å². The lowest BCUT2D eigenvalue weighted by Crippen LogP contribution is -2.19. The fourth-order valence-corrected chi connectivity index (χ4v) is 3.02. The second kappa shape index (κ2) is 7.09. The third kappa shape index (κ3) is 3.66. The standard InChI is InChI=1S/C16H14Br2O3/c1-21-11-8-6-10(7-9-11)14(17)15(18)16(20)12-4-2-3-5-13(12)19/h2-9,14-15,19H,1H3. The van der Waals surface area contributed by atoms with Crippen LogP contribution in [0.15, 0.2) is 48.5 Å². The quantitative estimate of drug-likeness (QED) is 0.580. The van der Waals surface area contributed by atoms with Gasteiger partial charge in [-0.05, 0) is 29.8 Å². The number of Topliss-reactive ketones (excluding diaryl/α,β-unsaturated/α-hetero) is 1. The molecule has 0 spiro atoms. The fraction of sp³-hybridized carbons (Fsp3) is 0.188. The summed E-state index contributed by atoms with van der Waals surface area (Å²) < 4.78 is 5.11. The number of para-hydroxylation sites is 1. The van der Waals surface area contributed by atoms with Crippen molar-refractivity contribution in [1.82, 2.24) is 0 Å². The highest BCUT2D eigenvalue weighted by atomic mass is 79.9. The molecule has 0 fully saturated rings. The Balaban J connectivity index is 2.20. The van der Waals surface area contributed by atoms with Crippen molar-refractivity contribution in [3.8, 4) is 11.5 Å². The Hall–Kier alpha value is -1.33. The molecule has 2 unspecified atom stereocenters.